The molecule has 0 aromatic rings. The summed E-state index contributed by atoms with van der Waals surface area (Å²) in [5.74, 6) is 0.661. The zero-order valence-electron chi connectivity index (χ0n) is 9.08. The van der Waals surface area contributed by atoms with Gasteiger partial charge >= 0.3 is 0 Å². The van der Waals surface area contributed by atoms with Crippen molar-refractivity contribution in [2.24, 2.45) is 5.92 Å². The monoisotopic (exact) mass is 198 g/mol. The summed E-state index contributed by atoms with van der Waals surface area (Å²) in [7, 11) is 0. The molecule has 2 rings (SSSR count). The zero-order valence-corrected chi connectivity index (χ0v) is 9.08. The fourth-order valence-electron chi connectivity index (χ4n) is 2.83. The Labute approximate surface area is 86.5 Å². The maximum absolute atomic E-state index is 9.72. The maximum Gasteiger partial charge on any atom is 0.0670 e. The van der Waals surface area contributed by atoms with Gasteiger partial charge in [0.2, 0.25) is 0 Å². The molecular formula is C11H22N2O. The van der Waals surface area contributed by atoms with E-state index in [1.54, 1.807) is 0 Å². The van der Waals surface area contributed by atoms with Crippen LogP contribution in [0.4, 0.5) is 0 Å². The molecule has 2 aliphatic heterocycles. The summed E-state index contributed by atoms with van der Waals surface area (Å²) in [4.78, 5) is 2.50. The van der Waals surface area contributed by atoms with Gasteiger partial charge in [0.1, 0.15) is 0 Å². The van der Waals surface area contributed by atoms with Crippen molar-refractivity contribution in [3.63, 3.8) is 0 Å². The molecule has 0 unspecified atom stereocenters. The predicted octanol–water partition coefficient (Wildman–Crippen LogP) is 0.441. The lowest BCUT2D eigenvalue weighted by molar-refractivity contribution is 0.0147. The van der Waals surface area contributed by atoms with Gasteiger partial charge in [0.15, 0.2) is 0 Å². The summed E-state index contributed by atoms with van der Waals surface area (Å²) in [6.07, 6.45) is 3.40. The summed E-state index contributed by atoms with van der Waals surface area (Å²) in [5, 5.41) is 13.1. The number of rotatable bonds is 1. The van der Waals surface area contributed by atoms with Gasteiger partial charge in [-0.3, -0.25) is 4.90 Å². The van der Waals surface area contributed by atoms with Crippen LogP contribution in [-0.4, -0.2) is 48.3 Å². The molecule has 0 spiro atoms. The number of likely N-dealkylation sites (tertiary alicyclic amines) is 1. The van der Waals surface area contributed by atoms with E-state index in [1.165, 1.54) is 19.4 Å². The molecule has 2 fully saturated rings. The van der Waals surface area contributed by atoms with Gasteiger partial charge in [-0.05, 0) is 38.3 Å². The number of nitrogens with one attached hydrogen (secondary N) is 1. The third kappa shape index (κ3) is 2.47. The average Bonchev–Trinajstić information content (AvgIpc) is 2.18. The molecule has 82 valence electrons. The number of hydrogen-bond donors (Lipinski definition) is 2. The van der Waals surface area contributed by atoms with Crippen molar-refractivity contribution in [1.29, 1.82) is 0 Å². The fourth-order valence-corrected chi connectivity index (χ4v) is 2.83. The number of aliphatic hydroxyl groups is 1. The first kappa shape index (κ1) is 10.4. The highest BCUT2D eigenvalue weighted by atomic mass is 16.3. The molecule has 3 heteroatoms. The smallest absolute Gasteiger partial charge is 0.0670 e. The van der Waals surface area contributed by atoms with Crippen molar-refractivity contribution in [1.82, 2.24) is 10.2 Å². The lowest BCUT2D eigenvalue weighted by Gasteiger charge is -2.41. The highest BCUT2D eigenvalue weighted by molar-refractivity contribution is 4.84. The molecule has 2 saturated heterocycles. The Morgan fingerprint density at radius 3 is 2.57 bits per heavy atom. The van der Waals surface area contributed by atoms with Gasteiger partial charge in [-0.15, -0.1) is 0 Å². The first-order valence-electron chi connectivity index (χ1n) is 5.88. The van der Waals surface area contributed by atoms with Crippen molar-refractivity contribution < 1.29 is 5.11 Å². The van der Waals surface area contributed by atoms with E-state index < -0.39 is 0 Å². The second kappa shape index (κ2) is 4.60. The van der Waals surface area contributed by atoms with Gasteiger partial charge < -0.3 is 10.4 Å². The normalized spacial score (nSPS) is 37.3. The molecule has 0 radical (unpaired) electrons. The minimum absolute atomic E-state index is 0.0892. The van der Waals surface area contributed by atoms with Crippen LogP contribution >= 0.6 is 0 Å². The van der Waals surface area contributed by atoms with E-state index in [1.807, 2.05) is 0 Å². The molecule has 3 nitrogen and oxygen atoms in total. The van der Waals surface area contributed by atoms with Crippen LogP contribution in [0.1, 0.15) is 26.2 Å². The molecule has 2 heterocycles. The summed E-state index contributed by atoms with van der Waals surface area (Å²) >= 11 is 0. The molecule has 0 aromatic carbocycles. The largest absolute Gasteiger partial charge is 0.392 e. The third-order valence-corrected chi connectivity index (χ3v) is 3.49. The van der Waals surface area contributed by atoms with E-state index in [0.717, 1.165) is 26.1 Å². The van der Waals surface area contributed by atoms with Gasteiger partial charge in [0.25, 0.3) is 0 Å². The predicted molar refractivity (Wildman–Crippen MR) is 57.3 cm³/mol. The Morgan fingerprint density at radius 2 is 1.93 bits per heavy atom. The van der Waals surface area contributed by atoms with Crippen LogP contribution < -0.4 is 5.32 Å². The highest BCUT2D eigenvalue weighted by Gasteiger charge is 2.28. The molecule has 0 amide bonds. The summed E-state index contributed by atoms with van der Waals surface area (Å²) in [6, 6.07) is 0.716. The van der Waals surface area contributed by atoms with Gasteiger partial charge in [-0.2, -0.15) is 0 Å². The van der Waals surface area contributed by atoms with Crippen LogP contribution in [-0.2, 0) is 0 Å². The highest BCUT2D eigenvalue weighted by Crippen LogP contribution is 2.21. The standard InChI is InChI=1S/C11H22N2O/c1-9-6-11(14)8-13(7-9)10-2-4-12-5-3-10/h9-12,14H,2-8H2,1H3/t9-,11+/m1/s1. The average molecular weight is 198 g/mol. The number of aliphatic hydroxyl groups excluding tert-OH is 1. The second-order valence-corrected chi connectivity index (χ2v) is 4.93. The SMILES string of the molecule is C[C@@H]1C[C@H](O)CN(C2CCNCC2)C1. The second-order valence-electron chi connectivity index (χ2n) is 4.93. The van der Waals surface area contributed by atoms with Crippen molar-refractivity contribution in [2.75, 3.05) is 26.2 Å². The van der Waals surface area contributed by atoms with Gasteiger partial charge in [0, 0.05) is 19.1 Å². The van der Waals surface area contributed by atoms with Gasteiger partial charge in [0.05, 0.1) is 6.10 Å². The number of piperidine rings is 2. The number of nitrogens with zero attached hydrogens (tertiary/aromatic N) is 1. The zero-order chi connectivity index (χ0) is 9.97. The van der Waals surface area contributed by atoms with E-state index in [2.05, 4.69) is 17.1 Å². The van der Waals surface area contributed by atoms with Gasteiger partial charge in [-0.25, -0.2) is 0 Å². The van der Waals surface area contributed by atoms with E-state index in [-0.39, 0.29) is 6.10 Å². The Balaban J connectivity index is 1.88. The van der Waals surface area contributed by atoms with E-state index in [9.17, 15) is 5.11 Å². The van der Waals surface area contributed by atoms with Crippen molar-refractivity contribution in [3.8, 4) is 0 Å². The Hall–Kier alpha value is -0.120. The van der Waals surface area contributed by atoms with Crippen molar-refractivity contribution in [3.05, 3.63) is 0 Å². The van der Waals surface area contributed by atoms with Crippen LogP contribution in [0.15, 0.2) is 0 Å². The topological polar surface area (TPSA) is 35.5 Å². The van der Waals surface area contributed by atoms with E-state index >= 15 is 0 Å². The van der Waals surface area contributed by atoms with E-state index in [4.69, 9.17) is 0 Å². The lowest BCUT2D eigenvalue weighted by atomic mass is 9.94. The molecule has 2 atom stereocenters. The van der Waals surface area contributed by atoms with Crippen LogP contribution in [0, 0.1) is 5.92 Å². The molecule has 0 aliphatic carbocycles. The summed E-state index contributed by atoms with van der Waals surface area (Å²) < 4.78 is 0. The molecule has 14 heavy (non-hydrogen) atoms. The van der Waals surface area contributed by atoms with Crippen LogP contribution in [0.3, 0.4) is 0 Å². The van der Waals surface area contributed by atoms with Crippen LogP contribution in [0.2, 0.25) is 0 Å². The van der Waals surface area contributed by atoms with Crippen LogP contribution in [0.5, 0.6) is 0 Å². The van der Waals surface area contributed by atoms with Crippen molar-refractivity contribution >= 4 is 0 Å². The molecule has 2 N–H and O–H groups in total. The number of hydrogen-bond acceptors (Lipinski definition) is 3. The molecular weight excluding hydrogens is 176 g/mol. The maximum atomic E-state index is 9.72. The quantitative estimate of drug-likeness (QED) is 0.642. The summed E-state index contributed by atoms with van der Waals surface area (Å²) in [6.45, 7) is 6.62. The minimum Gasteiger partial charge on any atom is -0.392 e. The van der Waals surface area contributed by atoms with E-state index in [0.29, 0.717) is 12.0 Å². The molecule has 2 aliphatic rings. The third-order valence-electron chi connectivity index (χ3n) is 3.49. The van der Waals surface area contributed by atoms with Crippen molar-refractivity contribution in [2.45, 2.75) is 38.3 Å². The molecule has 0 bridgehead atoms. The van der Waals surface area contributed by atoms with Gasteiger partial charge in [-0.1, -0.05) is 6.92 Å². The first-order chi connectivity index (χ1) is 6.75. The Morgan fingerprint density at radius 1 is 1.21 bits per heavy atom. The summed E-state index contributed by atoms with van der Waals surface area (Å²) in [5.41, 5.74) is 0. The minimum atomic E-state index is -0.0892. The first-order valence-corrected chi connectivity index (χ1v) is 5.88. The Kier molecular flexibility index (Phi) is 3.42. The van der Waals surface area contributed by atoms with Crippen LogP contribution in [0.25, 0.3) is 0 Å². The molecule has 0 aromatic heterocycles. The number of β-amino-alcohol motifs (C(OH)–C–C–N with tert-alkyl or cyclic N) is 1. The fraction of sp³-hybridized carbons (Fsp3) is 1.00. The molecule has 0 saturated carbocycles. The Bertz CT molecular complexity index is 170. The lowest BCUT2D eigenvalue weighted by Crippen LogP contribution is -2.50.